The van der Waals surface area contributed by atoms with Crippen molar-refractivity contribution in [3.8, 4) is 0 Å². The SMILES string of the molecule is NS(=O)(=O)c1ccc(NC(=O)c2ccccc2Br)cc1F. The van der Waals surface area contributed by atoms with Crippen LogP contribution in [0.3, 0.4) is 0 Å². The predicted molar refractivity (Wildman–Crippen MR) is 79.9 cm³/mol. The van der Waals surface area contributed by atoms with Gasteiger partial charge in [-0.15, -0.1) is 0 Å². The number of hydrogen-bond acceptors (Lipinski definition) is 3. The Morgan fingerprint density at radius 2 is 1.86 bits per heavy atom. The topological polar surface area (TPSA) is 89.3 Å². The molecule has 0 aliphatic heterocycles. The fourth-order valence-electron chi connectivity index (χ4n) is 1.65. The van der Waals surface area contributed by atoms with Crippen LogP contribution in [0.4, 0.5) is 10.1 Å². The first kappa shape index (κ1) is 15.6. The van der Waals surface area contributed by atoms with Gasteiger partial charge in [0, 0.05) is 10.2 Å². The van der Waals surface area contributed by atoms with Crippen LogP contribution in [0, 0.1) is 5.82 Å². The zero-order valence-corrected chi connectivity index (χ0v) is 12.9. The van der Waals surface area contributed by atoms with E-state index in [1.807, 2.05) is 0 Å². The molecule has 0 aliphatic rings. The number of carbonyl (C=O) groups is 1. The number of sulfonamides is 1. The summed E-state index contributed by atoms with van der Waals surface area (Å²) >= 11 is 3.23. The molecule has 0 radical (unpaired) electrons. The molecule has 2 aromatic carbocycles. The zero-order chi connectivity index (χ0) is 15.6. The number of halogens is 2. The highest BCUT2D eigenvalue weighted by atomic mass is 79.9. The standard InChI is InChI=1S/C13H10BrFN2O3S/c14-10-4-2-1-3-9(10)13(18)17-8-5-6-12(11(15)7-8)21(16,19)20/h1-7H,(H,17,18)(H2,16,19,20). The molecule has 0 fully saturated rings. The van der Waals surface area contributed by atoms with Gasteiger partial charge in [0.15, 0.2) is 0 Å². The van der Waals surface area contributed by atoms with E-state index < -0.39 is 26.6 Å². The largest absolute Gasteiger partial charge is 0.322 e. The van der Waals surface area contributed by atoms with Crippen molar-refractivity contribution in [1.82, 2.24) is 0 Å². The van der Waals surface area contributed by atoms with Gasteiger partial charge in [-0.1, -0.05) is 12.1 Å². The van der Waals surface area contributed by atoms with Crippen molar-refractivity contribution in [3.63, 3.8) is 0 Å². The van der Waals surface area contributed by atoms with Gasteiger partial charge < -0.3 is 5.32 Å². The lowest BCUT2D eigenvalue weighted by atomic mass is 10.2. The van der Waals surface area contributed by atoms with Crippen LogP contribution >= 0.6 is 15.9 Å². The van der Waals surface area contributed by atoms with Gasteiger partial charge >= 0.3 is 0 Å². The number of primary sulfonamides is 1. The van der Waals surface area contributed by atoms with E-state index in [4.69, 9.17) is 5.14 Å². The van der Waals surface area contributed by atoms with E-state index in [0.29, 0.717) is 10.0 Å². The molecule has 1 amide bonds. The molecule has 2 rings (SSSR count). The van der Waals surface area contributed by atoms with Crippen LogP contribution in [0.2, 0.25) is 0 Å². The van der Waals surface area contributed by atoms with Gasteiger partial charge in [-0.05, 0) is 46.3 Å². The highest BCUT2D eigenvalue weighted by molar-refractivity contribution is 9.10. The smallest absolute Gasteiger partial charge is 0.256 e. The van der Waals surface area contributed by atoms with Gasteiger partial charge in [-0.25, -0.2) is 17.9 Å². The van der Waals surface area contributed by atoms with E-state index in [0.717, 1.165) is 12.1 Å². The van der Waals surface area contributed by atoms with Gasteiger partial charge in [0.25, 0.3) is 5.91 Å². The molecule has 8 heteroatoms. The van der Waals surface area contributed by atoms with Crippen molar-refractivity contribution >= 4 is 37.5 Å². The van der Waals surface area contributed by atoms with Crippen LogP contribution < -0.4 is 10.5 Å². The molecule has 0 spiro atoms. The first-order valence-electron chi connectivity index (χ1n) is 5.67. The molecule has 0 saturated heterocycles. The van der Waals surface area contributed by atoms with Crippen molar-refractivity contribution in [3.05, 3.63) is 58.3 Å². The third-order valence-electron chi connectivity index (χ3n) is 2.61. The van der Waals surface area contributed by atoms with E-state index in [1.54, 1.807) is 24.3 Å². The highest BCUT2D eigenvalue weighted by Gasteiger charge is 2.16. The van der Waals surface area contributed by atoms with Crippen LogP contribution in [0.25, 0.3) is 0 Å². The quantitative estimate of drug-likeness (QED) is 0.866. The summed E-state index contributed by atoms with van der Waals surface area (Å²) in [6.07, 6.45) is 0. The Morgan fingerprint density at radius 1 is 1.19 bits per heavy atom. The monoisotopic (exact) mass is 372 g/mol. The molecule has 0 heterocycles. The van der Waals surface area contributed by atoms with E-state index in [2.05, 4.69) is 21.2 Å². The van der Waals surface area contributed by atoms with Gasteiger partial charge in [0.2, 0.25) is 10.0 Å². The third kappa shape index (κ3) is 3.66. The van der Waals surface area contributed by atoms with Gasteiger partial charge in [0.1, 0.15) is 10.7 Å². The molecule has 0 aromatic heterocycles. The number of hydrogen-bond donors (Lipinski definition) is 2. The lowest BCUT2D eigenvalue weighted by molar-refractivity contribution is 0.102. The number of nitrogens with one attached hydrogen (secondary N) is 1. The molecule has 2 aromatic rings. The summed E-state index contributed by atoms with van der Waals surface area (Å²) in [5.41, 5.74) is 0.495. The van der Waals surface area contributed by atoms with Gasteiger partial charge in [-0.3, -0.25) is 4.79 Å². The van der Waals surface area contributed by atoms with Crippen LogP contribution in [0.5, 0.6) is 0 Å². The first-order valence-corrected chi connectivity index (χ1v) is 8.01. The van der Waals surface area contributed by atoms with Crippen LogP contribution in [-0.4, -0.2) is 14.3 Å². The van der Waals surface area contributed by atoms with Crippen molar-refractivity contribution in [1.29, 1.82) is 0 Å². The Hall–Kier alpha value is -1.77. The number of rotatable bonds is 3. The van der Waals surface area contributed by atoms with Gasteiger partial charge in [-0.2, -0.15) is 0 Å². The van der Waals surface area contributed by atoms with E-state index in [-0.39, 0.29) is 5.69 Å². The molecule has 0 saturated carbocycles. The average molecular weight is 373 g/mol. The summed E-state index contributed by atoms with van der Waals surface area (Å²) in [6, 6.07) is 9.88. The second-order valence-corrected chi connectivity index (χ2v) is 6.51. The lowest BCUT2D eigenvalue weighted by Gasteiger charge is -2.08. The third-order valence-corrected chi connectivity index (χ3v) is 4.25. The summed E-state index contributed by atoms with van der Waals surface area (Å²) in [4.78, 5) is 11.4. The minimum atomic E-state index is -4.13. The van der Waals surface area contributed by atoms with Crippen LogP contribution in [0.1, 0.15) is 10.4 Å². The minimum Gasteiger partial charge on any atom is -0.322 e. The van der Waals surface area contributed by atoms with E-state index in [9.17, 15) is 17.6 Å². The second kappa shape index (κ2) is 5.92. The summed E-state index contributed by atoms with van der Waals surface area (Å²) < 4.78 is 36.4. The summed E-state index contributed by atoms with van der Waals surface area (Å²) in [6.45, 7) is 0. The number of benzene rings is 2. The molecule has 21 heavy (non-hydrogen) atoms. The maximum Gasteiger partial charge on any atom is 0.256 e. The minimum absolute atomic E-state index is 0.126. The highest BCUT2D eigenvalue weighted by Crippen LogP contribution is 2.20. The fourth-order valence-corrected chi connectivity index (χ4v) is 2.71. The van der Waals surface area contributed by atoms with Gasteiger partial charge in [0.05, 0.1) is 5.56 Å². The molecule has 5 nitrogen and oxygen atoms in total. The van der Waals surface area contributed by atoms with Crippen molar-refractivity contribution in [2.75, 3.05) is 5.32 Å². The number of nitrogens with two attached hydrogens (primary N) is 1. The number of carbonyl (C=O) groups excluding carboxylic acids is 1. The lowest BCUT2D eigenvalue weighted by Crippen LogP contribution is -2.15. The second-order valence-electron chi connectivity index (χ2n) is 4.12. The Balaban J connectivity index is 2.27. The molecular weight excluding hydrogens is 363 g/mol. The maximum absolute atomic E-state index is 13.7. The Kier molecular flexibility index (Phi) is 4.40. The van der Waals surface area contributed by atoms with Crippen molar-refractivity contribution < 1.29 is 17.6 Å². The fraction of sp³-hybridized carbons (Fsp3) is 0. The van der Waals surface area contributed by atoms with E-state index >= 15 is 0 Å². The first-order chi connectivity index (χ1) is 9.79. The van der Waals surface area contributed by atoms with Crippen molar-refractivity contribution in [2.24, 2.45) is 5.14 Å². The zero-order valence-electron chi connectivity index (χ0n) is 10.5. The molecule has 0 aliphatic carbocycles. The normalized spacial score (nSPS) is 11.2. The number of anilines is 1. The molecular formula is C13H10BrFN2O3S. The Morgan fingerprint density at radius 3 is 2.43 bits per heavy atom. The maximum atomic E-state index is 13.7. The summed E-state index contributed by atoms with van der Waals surface area (Å²) in [5.74, 6) is -1.48. The van der Waals surface area contributed by atoms with Crippen LogP contribution in [0.15, 0.2) is 51.8 Å². The summed E-state index contributed by atoms with van der Waals surface area (Å²) in [7, 11) is -4.13. The average Bonchev–Trinajstić information content (AvgIpc) is 2.37. The van der Waals surface area contributed by atoms with Crippen molar-refractivity contribution in [2.45, 2.75) is 4.90 Å². The molecule has 110 valence electrons. The Labute approximate surface area is 129 Å². The molecule has 0 unspecified atom stereocenters. The molecule has 0 bridgehead atoms. The Bertz CT molecular complexity index is 809. The van der Waals surface area contributed by atoms with E-state index in [1.165, 1.54) is 6.07 Å². The summed E-state index contributed by atoms with van der Waals surface area (Å²) in [5, 5.41) is 7.33. The van der Waals surface area contributed by atoms with Crippen LogP contribution in [-0.2, 0) is 10.0 Å². The predicted octanol–water partition coefficient (Wildman–Crippen LogP) is 2.49. The molecule has 0 atom stereocenters. The molecule has 3 N–H and O–H groups in total. The number of amides is 1.